The molecule has 20 heavy (non-hydrogen) atoms. The van der Waals surface area contributed by atoms with Gasteiger partial charge in [0.1, 0.15) is 10.1 Å². The summed E-state index contributed by atoms with van der Waals surface area (Å²) in [6.07, 6.45) is -0.612. The standard InChI is InChI=1S/C13H11N3O2S2/c17-13(18)9-5-19-11(16-9)12-15-8-3-6-1-2-14-7(6)4-10(8)20-12/h3-4,9,14H,1-2,5H2,(H,17,18)/t9-/m0/s1/i1D,2D/t1?,2?,9-. The van der Waals surface area contributed by atoms with Crippen LogP contribution in [0.2, 0.25) is 0 Å². The highest BCUT2D eigenvalue weighted by atomic mass is 32.2. The number of carbonyl (C=O) groups is 1. The summed E-state index contributed by atoms with van der Waals surface area (Å²) in [4.78, 5) is 19.7. The van der Waals surface area contributed by atoms with Crippen molar-refractivity contribution in [3.05, 3.63) is 22.7 Å². The van der Waals surface area contributed by atoms with Crippen molar-refractivity contribution in [3.8, 4) is 0 Å². The van der Waals surface area contributed by atoms with E-state index in [0.29, 0.717) is 10.8 Å². The summed E-state index contributed by atoms with van der Waals surface area (Å²) < 4.78 is 16.7. The third kappa shape index (κ3) is 1.89. The number of fused-ring (bicyclic) bond motifs is 2. The molecule has 2 aromatic rings. The Balaban J connectivity index is 1.74. The molecule has 0 amide bonds. The van der Waals surface area contributed by atoms with E-state index in [1.807, 2.05) is 12.1 Å². The predicted octanol–water partition coefficient (Wildman–Crippen LogP) is 2.21. The lowest BCUT2D eigenvalue weighted by Gasteiger charge is -1.97. The molecule has 0 bridgehead atoms. The summed E-state index contributed by atoms with van der Waals surface area (Å²) >= 11 is 2.87. The number of nitrogens with one attached hydrogen (secondary N) is 1. The molecule has 0 fully saturated rings. The van der Waals surface area contributed by atoms with Crippen LogP contribution in [0, 0.1) is 0 Å². The van der Waals surface area contributed by atoms with Gasteiger partial charge in [-0.25, -0.2) is 9.78 Å². The lowest BCUT2D eigenvalue weighted by molar-refractivity contribution is -0.137. The largest absolute Gasteiger partial charge is 0.480 e. The molecule has 3 atom stereocenters. The number of carboxylic acid groups (broad SMARTS) is 1. The van der Waals surface area contributed by atoms with Gasteiger partial charge in [0.15, 0.2) is 6.04 Å². The van der Waals surface area contributed by atoms with E-state index in [4.69, 9.17) is 7.85 Å². The average molecular weight is 307 g/mol. The minimum atomic E-state index is -0.912. The number of thiazole rings is 1. The number of benzene rings is 1. The van der Waals surface area contributed by atoms with E-state index in [1.54, 1.807) is 0 Å². The number of thioether (sulfide) groups is 1. The number of hydrogen-bond acceptors (Lipinski definition) is 6. The fourth-order valence-electron chi connectivity index (χ4n) is 2.18. The Labute approximate surface area is 125 Å². The third-order valence-corrected chi connectivity index (χ3v) is 5.39. The first-order valence-corrected chi connectivity index (χ1v) is 7.82. The van der Waals surface area contributed by atoms with E-state index in [9.17, 15) is 4.79 Å². The van der Waals surface area contributed by atoms with E-state index in [0.717, 1.165) is 26.5 Å². The van der Waals surface area contributed by atoms with Crippen LogP contribution in [0.3, 0.4) is 0 Å². The average Bonchev–Trinajstić information content (AvgIpc) is 3.16. The van der Waals surface area contributed by atoms with E-state index in [1.165, 1.54) is 23.1 Å². The maximum Gasteiger partial charge on any atom is 0.329 e. The number of rotatable bonds is 2. The van der Waals surface area contributed by atoms with Crippen molar-refractivity contribution in [2.75, 3.05) is 17.6 Å². The zero-order valence-corrected chi connectivity index (χ0v) is 11.8. The second kappa shape index (κ2) is 4.46. The van der Waals surface area contributed by atoms with E-state index in [-0.39, 0.29) is 0 Å². The normalized spacial score (nSPS) is 29.6. The van der Waals surface area contributed by atoms with Crippen molar-refractivity contribution >= 4 is 50.0 Å². The summed E-state index contributed by atoms with van der Waals surface area (Å²) in [6, 6.07) is 3.07. The number of nitrogens with zero attached hydrogens (tertiary/aromatic N) is 2. The molecule has 0 saturated carbocycles. The lowest BCUT2D eigenvalue weighted by Crippen LogP contribution is -2.17. The molecular weight excluding hydrogens is 294 g/mol. The van der Waals surface area contributed by atoms with Crippen molar-refractivity contribution < 1.29 is 12.6 Å². The zero-order valence-electron chi connectivity index (χ0n) is 12.2. The van der Waals surface area contributed by atoms with Crippen LogP contribution in [-0.2, 0) is 11.2 Å². The highest BCUT2D eigenvalue weighted by molar-refractivity contribution is 8.15. The van der Waals surface area contributed by atoms with Gasteiger partial charge >= 0.3 is 5.97 Å². The molecular formula is C13H11N3O2S2. The van der Waals surface area contributed by atoms with E-state index in [2.05, 4.69) is 15.3 Å². The van der Waals surface area contributed by atoms with Crippen molar-refractivity contribution in [1.29, 1.82) is 0 Å². The van der Waals surface area contributed by atoms with Crippen LogP contribution >= 0.6 is 23.1 Å². The Morgan fingerprint density at radius 1 is 1.55 bits per heavy atom. The zero-order chi connectivity index (χ0) is 15.4. The van der Waals surface area contributed by atoms with Gasteiger partial charge in [0.05, 0.1) is 10.2 Å². The third-order valence-electron chi connectivity index (χ3n) is 3.18. The number of aliphatic carboxylic acids is 1. The molecule has 102 valence electrons. The van der Waals surface area contributed by atoms with Crippen molar-refractivity contribution in [2.24, 2.45) is 4.99 Å². The molecule has 0 aliphatic carbocycles. The Hall–Kier alpha value is -1.60. The Bertz CT molecular complexity index is 823. The Kier molecular flexibility index (Phi) is 2.27. The number of aryl methyl sites for hydroxylation is 1. The molecule has 2 N–H and O–H groups in total. The second-order valence-corrected chi connectivity index (χ2v) is 6.54. The molecule has 4 rings (SSSR count). The number of carboxylic acids is 1. The number of hydrogen-bond donors (Lipinski definition) is 2. The molecule has 0 radical (unpaired) electrons. The maximum absolute atomic E-state index is 11.0. The SMILES string of the molecule is [2H]C1Nc2cc3sc(C4=N[C@H](C(=O)O)CS4)nc3cc2C1[2H]. The van der Waals surface area contributed by atoms with Crippen molar-refractivity contribution in [3.63, 3.8) is 0 Å². The first-order valence-electron chi connectivity index (χ1n) is 7.17. The summed E-state index contributed by atoms with van der Waals surface area (Å²) in [5.41, 5.74) is 2.37. The summed E-state index contributed by atoms with van der Waals surface area (Å²) in [6.45, 7) is -0.642. The van der Waals surface area contributed by atoms with Gasteiger partial charge in [0.25, 0.3) is 0 Å². The Morgan fingerprint density at radius 3 is 3.25 bits per heavy atom. The maximum atomic E-state index is 11.0. The van der Waals surface area contributed by atoms with Crippen LogP contribution in [0.5, 0.6) is 0 Å². The molecule has 2 aliphatic rings. The van der Waals surface area contributed by atoms with Gasteiger partial charge < -0.3 is 10.4 Å². The first-order chi connectivity index (χ1) is 10.5. The molecule has 3 heterocycles. The minimum Gasteiger partial charge on any atom is -0.480 e. The van der Waals surface area contributed by atoms with Gasteiger partial charge in [-0.2, -0.15) is 0 Å². The molecule has 1 aromatic heterocycles. The van der Waals surface area contributed by atoms with Crippen LogP contribution in [0.4, 0.5) is 5.69 Å². The second-order valence-electron chi connectivity index (χ2n) is 4.50. The van der Waals surface area contributed by atoms with Gasteiger partial charge in [-0.1, -0.05) is 0 Å². The van der Waals surface area contributed by atoms with Crippen molar-refractivity contribution in [2.45, 2.75) is 12.4 Å². The fraction of sp³-hybridized carbons (Fsp3) is 0.308. The van der Waals surface area contributed by atoms with Crippen LogP contribution < -0.4 is 5.32 Å². The smallest absolute Gasteiger partial charge is 0.329 e. The number of aliphatic imine (C=N–C) groups is 1. The van der Waals surface area contributed by atoms with Crippen molar-refractivity contribution in [1.82, 2.24) is 4.98 Å². The molecule has 7 heteroatoms. The van der Waals surface area contributed by atoms with Gasteiger partial charge in [-0.15, -0.1) is 23.1 Å². The van der Waals surface area contributed by atoms with E-state index < -0.39 is 24.9 Å². The monoisotopic (exact) mass is 307 g/mol. The highest BCUT2D eigenvalue weighted by Gasteiger charge is 2.27. The molecule has 0 saturated heterocycles. The fourth-order valence-corrected chi connectivity index (χ4v) is 4.27. The van der Waals surface area contributed by atoms with E-state index >= 15 is 0 Å². The van der Waals surface area contributed by atoms with Gasteiger partial charge in [-0.05, 0) is 24.1 Å². The molecule has 5 nitrogen and oxygen atoms in total. The molecule has 2 aliphatic heterocycles. The molecule has 1 aromatic carbocycles. The van der Waals surface area contributed by atoms with Crippen LogP contribution in [0.15, 0.2) is 17.1 Å². The summed E-state index contributed by atoms with van der Waals surface area (Å²) in [5, 5.41) is 13.4. The van der Waals surface area contributed by atoms with Gasteiger partial charge in [-0.3, -0.25) is 4.99 Å². The van der Waals surface area contributed by atoms with Crippen LogP contribution in [-0.4, -0.2) is 39.4 Å². The topological polar surface area (TPSA) is 74.6 Å². The minimum absolute atomic E-state index is 0.438. The van der Waals surface area contributed by atoms with Gasteiger partial charge in [0.2, 0.25) is 0 Å². The summed E-state index contributed by atoms with van der Waals surface area (Å²) in [7, 11) is 0. The quantitative estimate of drug-likeness (QED) is 0.890. The first kappa shape index (κ1) is 10.2. The Morgan fingerprint density at radius 2 is 2.45 bits per heavy atom. The highest BCUT2D eigenvalue weighted by Crippen LogP contribution is 2.34. The number of aromatic nitrogens is 1. The molecule has 2 unspecified atom stereocenters. The van der Waals surface area contributed by atoms with Gasteiger partial charge in [0, 0.05) is 20.7 Å². The molecule has 0 spiro atoms. The lowest BCUT2D eigenvalue weighted by atomic mass is 10.1. The van der Waals surface area contributed by atoms with Crippen LogP contribution in [0.1, 0.15) is 13.3 Å². The summed E-state index contributed by atoms with van der Waals surface area (Å²) in [5.74, 6) is -0.473. The number of anilines is 1. The predicted molar refractivity (Wildman–Crippen MR) is 82.2 cm³/mol. The van der Waals surface area contributed by atoms with Crippen LogP contribution in [0.25, 0.3) is 10.2 Å².